The number of aromatic nitrogens is 3. The van der Waals surface area contributed by atoms with Crippen molar-refractivity contribution in [3.63, 3.8) is 0 Å². The van der Waals surface area contributed by atoms with Crippen LogP contribution in [0, 0.1) is 0 Å². The highest BCUT2D eigenvalue weighted by molar-refractivity contribution is 5.37. The summed E-state index contributed by atoms with van der Waals surface area (Å²) in [5.41, 5.74) is 5.66. The Morgan fingerprint density at radius 2 is 2.06 bits per heavy atom. The van der Waals surface area contributed by atoms with Gasteiger partial charge in [-0.2, -0.15) is 15.0 Å². The fraction of sp³-hybridized carbons (Fsp3) is 0.727. The Kier molecular flexibility index (Phi) is 3.61. The second-order valence-electron chi connectivity index (χ2n) is 4.37. The summed E-state index contributed by atoms with van der Waals surface area (Å²) in [7, 11) is 1.53. The minimum absolute atomic E-state index is 0.211. The maximum absolute atomic E-state index is 5.66. The van der Waals surface area contributed by atoms with Crippen LogP contribution in [0.4, 0.5) is 11.9 Å². The second kappa shape index (κ2) is 5.16. The summed E-state index contributed by atoms with van der Waals surface area (Å²) in [6, 6.07) is 0.716. The molecule has 0 aliphatic carbocycles. The molecular formula is C11H19N5O. The molecule has 1 aliphatic rings. The number of nitrogen functional groups attached to an aromatic ring is 1. The highest BCUT2D eigenvalue weighted by Gasteiger charge is 2.20. The minimum atomic E-state index is 0.211. The van der Waals surface area contributed by atoms with Crippen LogP contribution in [-0.4, -0.2) is 34.6 Å². The fourth-order valence-electron chi connectivity index (χ4n) is 2.15. The number of nitrogens with zero attached hydrogens (tertiary/aromatic N) is 4. The van der Waals surface area contributed by atoms with E-state index < -0.39 is 0 Å². The van der Waals surface area contributed by atoms with Crippen LogP contribution in [-0.2, 0) is 0 Å². The standard InChI is InChI=1S/C11H19N5O/c1-8-6-4-3-5-7-16(8)10-13-9(12)14-11(15-10)17-2/h8H,3-7H2,1-2H3,(H2,12,13,14,15). The lowest BCUT2D eigenvalue weighted by molar-refractivity contribution is 0.378. The number of rotatable bonds is 2. The van der Waals surface area contributed by atoms with Crippen molar-refractivity contribution in [1.82, 2.24) is 15.0 Å². The van der Waals surface area contributed by atoms with Gasteiger partial charge in [-0.15, -0.1) is 0 Å². The first-order valence-electron chi connectivity index (χ1n) is 6.03. The van der Waals surface area contributed by atoms with Gasteiger partial charge in [-0.05, 0) is 19.8 Å². The van der Waals surface area contributed by atoms with E-state index in [1.54, 1.807) is 0 Å². The van der Waals surface area contributed by atoms with Crippen LogP contribution in [0.5, 0.6) is 6.01 Å². The third-order valence-electron chi connectivity index (χ3n) is 3.11. The van der Waals surface area contributed by atoms with Crippen molar-refractivity contribution in [1.29, 1.82) is 0 Å². The molecular weight excluding hydrogens is 218 g/mol. The fourth-order valence-corrected chi connectivity index (χ4v) is 2.15. The van der Waals surface area contributed by atoms with Crippen molar-refractivity contribution in [2.24, 2.45) is 0 Å². The van der Waals surface area contributed by atoms with Gasteiger partial charge in [0.25, 0.3) is 0 Å². The third kappa shape index (κ3) is 2.75. The molecule has 2 N–H and O–H groups in total. The van der Waals surface area contributed by atoms with E-state index in [0.29, 0.717) is 12.0 Å². The van der Waals surface area contributed by atoms with Crippen molar-refractivity contribution in [2.75, 3.05) is 24.3 Å². The Hall–Kier alpha value is -1.59. The molecule has 1 saturated heterocycles. The summed E-state index contributed by atoms with van der Waals surface area (Å²) in [4.78, 5) is 14.6. The lowest BCUT2D eigenvalue weighted by atomic mass is 10.1. The smallest absolute Gasteiger partial charge is 0.322 e. The molecule has 2 heterocycles. The zero-order valence-electron chi connectivity index (χ0n) is 10.4. The van der Waals surface area contributed by atoms with Crippen LogP contribution < -0.4 is 15.4 Å². The maximum atomic E-state index is 5.66. The Morgan fingerprint density at radius 1 is 1.24 bits per heavy atom. The first-order valence-corrected chi connectivity index (χ1v) is 6.03. The third-order valence-corrected chi connectivity index (χ3v) is 3.11. The van der Waals surface area contributed by atoms with E-state index in [0.717, 1.165) is 19.4 Å². The number of ether oxygens (including phenoxy) is 1. The molecule has 1 aliphatic heterocycles. The summed E-state index contributed by atoms with van der Waals surface area (Å²) >= 11 is 0. The van der Waals surface area contributed by atoms with Crippen molar-refractivity contribution in [3.8, 4) is 6.01 Å². The maximum Gasteiger partial charge on any atom is 0.322 e. The predicted molar refractivity (Wildman–Crippen MR) is 66.1 cm³/mol. The van der Waals surface area contributed by atoms with Crippen LogP contribution in [0.15, 0.2) is 0 Å². The molecule has 0 aromatic carbocycles. The Morgan fingerprint density at radius 3 is 2.82 bits per heavy atom. The quantitative estimate of drug-likeness (QED) is 0.833. The average Bonchev–Trinajstić information content (AvgIpc) is 2.53. The molecule has 0 radical (unpaired) electrons. The number of anilines is 2. The van der Waals surface area contributed by atoms with Gasteiger partial charge in [0.15, 0.2) is 0 Å². The number of methoxy groups -OCH3 is 1. The molecule has 17 heavy (non-hydrogen) atoms. The molecule has 1 atom stereocenters. The zero-order valence-corrected chi connectivity index (χ0v) is 10.4. The topological polar surface area (TPSA) is 77.2 Å². The normalized spacial score (nSPS) is 21.1. The van der Waals surface area contributed by atoms with Gasteiger partial charge in [-0.3, -0.25) is 0 Å². The predicted octanol–water partition coefficient (Wildman–Crippen LogP) is 1.23. The summed E-state index contributed by atoms with van der Waals surface area (Å²) < 4.78 is 5.02. The van der Waals surface area contributed by atoms with E-state index in [2.05, 4.69) is 26.8 Å². The largest absolute Gasteiger partial charge is 0.467 e. The van der Waals surface area contributed by atoms with Crippen molar-refractivity contribution < 1.29 is 4.74 Å². The highest BCUT2D eigenvalue weighted by Crippen LogP contribution is 2.22. The molecule has 6 heteroatoms. The molecule has 1 aromatic rings. The molecule has 1 fully saturated rings. The van der Waals surface area contributed by atoms with E-state index in [-0.39, 0.29) is 12.0 Å². The second-order valence-corrected chi connectivity index (χ2v) is 4.37. The molecule has 0 amide bonds. The highest BCUT2D eigenvalue weighted by atomic mass is 16.5. The zero-order chi connectivity index (χ0) is 12.3. The summed E-state index contributed by atoms with van der Waals surface area (Å²) in [6.07, 6.45) is 4.85. The Balaban J connectivity index is 2.27. The lowest BCUT2D eigenvalue weighted by Crippen LogP contribution is -2.34. The molecule has 6 nitrogen and oxygen atoms in total. The molecule has 1 aromatic heterocycles. The molecule has 0 bridgehead atoms. The van der Waals surface area contributed by atoms with Gasteiger partial charge < -0.3 is 15.4 Å². The summed E-state index contributed by atoms with van der Waals surface area (Å²) in [5, 5.41) is 0. The van der Waals surface area contributed by atoms with Crippen LogP contribution in [0.2, 0.25) is 0 Å². The minimum Gasteiger partial charge on any atom is -0.467 e. The van der Waals surface area contributed by atoms with Crippen molar-refractivity contribution in [3.05, 3.63) is 0 Å². The van der Waals surface area contributed by atoms with Gasteiger partial charge in [-0.25, -0.2) is 0 Å². The summed E-state index contributed by atoms with van der Waals surface area (Å²) in [5.74, 6) is 0.840. The van der Waals surface area contributed by atoms with Crippen LogP contribution in [0.25, 0.3) is 0 Å². The van der Waals surface area contributed by atoms with Gasteiger partial charge in [0.2, 0.25) is 11.9 Å². The van der Waals surface area contributed by atoms with E-state index in [9.17, 15) is 0 Å². The van der Waals surface area contributed by atoms with Crippen LogP contribution >= 0.6 is 0 Å². The van der Waals surface area contributed by atoms with Crippen molar-refractivity contribution >= 4 is 11.9 Å². The SMILES string of the molecule is COc1nc(N)nc(N2CCCCCC2C)n1. The Bertz CT molecular complexity index is 384. The monoisotopic (exact) mass is 237 g/mol. The first-order chi connectivity index (χ1) is 8.20. The molecule has 0 saturated carbocycles. The van der Waals surface area contributed by atoms with Gasteiger partial charge in [0, 0.05) is 12.6 Å². The number of hydrogen-bond donors (Lipinski definition) is 1. The van der Waals surface area contributed by atoms with E-state index >= 15 is 0 Å². The molecule has 1 unspecified atom stereocenters. The lowest BCUT2D eigenvalue weighted by Gasteiger charge is -2.27. The number of nitrogens with two attached hydrogens (primary N) is 1. The molecule has 94 valence electrons. The van der Waals surface area contributed by atoms with Gasteiger partial charge in [0.1, 0.15) is 0 Å². The first kappa shape index (κ1) is 11.9. The Labute approximate surface area is 101 Å². The van der Waals surface area contributed by atoms with Gasteiger partial charge in [0.05, 0.1) is 7.11 Å². The molecule has 2 rings (SSSR count). The van der Waals surface area contributed by atoms with Crippen molar-refractivity contribution in [2.45, 2.75) is 38.6 Å². The van der Waals surface area contributed by atoms with Crippen LogP contribution in [0.1, 0.15) is 32.6 Å². The van der Waals surface area contributed by atoms with E-state index in [4.69, 9.17) is 10.5 Å². The van der Waals surface area contributed by atoms with Crippen LogP contribution in [0.3, 0.4) is 0 Å². The number of hydrogen-bond acceptors (Lipinski definition) is 6. The van der Waals surface area contributed by atoms with Gasteiger partial charge in [-0.1, -0.05) is 12.8 Å². The summed E-state index contributed by atoms with van der Waals surface area (Å²) in [6.45, 7) is 3.16. The van der Waals surface area contributed by atoms with E-state index in [1.807, 2.05) is 0 Å². The average molecular weight is 237 g/mol. The van der Waals surface area contributed by atoms with E-state index in [1.165, 1.54) is 20.0 Å². The van der Waals surface area contributed by atoms with Gasteiger partial charge >= 0.3 is 6.01 Å². The molecule has 0 spiro atoms.